The number of alkyl halides is 4. The zero-order valence-electron chi connectivity index (χ0n) is 13.7. The molecule has 26 heavy (non-hydrogen) atoms. The van der Waals surface area contributed by atoms with Gasteiger partial charge in [0.2, 0.25) is 0 Å². The smallest absolute Gasteiger partial charge is 0.444 e. The van der Waals surface area contributed by atoms with Gasteiger partial charge in [0.15, 0.2) is 11.3 Å². The second-order valence-electron chi connectivity index (χ2n) is 5.94. The molecule has 1 aromatic heterocycles. The van der Waals surface area contributed by atoms with Gasteiger partial charge in [-0.15, -0.1) is 0 Å². The Morgan fingerprint density at radius 2 is 2.15 bits per heavy atom. The van der Waals surface area contributed by atoms with Gasteiger partial charge in [-0.25, -0.2) is 4.39 Å². The molecular weight excluding hydrogens is 372 g/mol. The van der Waals surface area contributed by atoms with E-state index in [4.69, 9.17) is 9.52 Å². The fourth-order valence-corrected chi connectivity index (χ4v) is 3.60. The van der Waals surface area contributed by atoms with E-state index in [0.29, 0.717) is 12.2 Å². The van der Waals surface area contributed by atoms with Gasteiger partial charge in [0, 0.05) is 18.5 Å². The number of nitrogens with one attached hydrogen (secondary N) is 1. The van der Waals surface area contributed by atoms with E-state index in [-0.39, 0.29) is 39.9 Å². The second-order valence-corrected chi connectivity index (χ2v) is 7.01. The summed E-state index contributed by atoms with van der Waals surface area (Å²) in [5.74, 6) is 4.54. The fraction of sp³-hybridized carbons (Fsp3) is 0.412. The highest BCUT2D eigenvalue weighted by molar-refractivity contribution is 8.00. The van der Waals surface area contributed by atoms with Crippen LogP contribution in [0.3, 0.4) is 0 Å². The molecule has 1 saturated heterocycles. The maximum absolute atomic E-state index is 14.1. The van der Waals surface area contributed by atoms with Crippen LogP contribution in [0.2, 0.25) is 0 Å². The van der Waals surface area contributed by atoms with Crippen LogP contribution in [0, 0.1) is 11.8 Å². The third kappa shape index (κ3) is 4.09. The summed E-state index contributed by atoms with van der Waals surface area (Å²) in [5, 5.41) is 12.1. The van der Waals surface area contributed by atoms with Gasteiger partial charge in [-0.3, -0.25) is 0 Å². The molecule has 2 heterocycles. The van der Waals surface area contributed by atoms with Crippen LogP contribution in [-0.4, -0.2) is 54.5 Å². The highest BCUT2D eigenvalue weighted by atomic mass is 32.2. The van der Waals surface area contributed by atoms with Gasteiger partial charge < -0.3 is 19.7 Å². The summed E-state index contributed by atoms with van der Waals surface area (Å²) in [6, 6.07) is 4.22. The standard InChI is InChI=1S/C17H16F4N2O2S/c1-23-8-11(18)13(9-23)22-12-5-2-4-10-15(12)25-14(6-3-7-24)16(10)26-17(19,20)21/h2,4-5,11,13,22,24H,7-9H2,1H3/t11-,13+/m0/s1. The van der Waals surface area contributed by atoms with E-state index in [0.717, 1.165) is 0 Å². The number of likely N-dealkylation sites (tertiary alicyclic amines) is 1. The molecule has 2 aromatic rings. The average Bonchev–Trinajstić information content (AvgIpc) is 3.05. The number of fused-ring (bicyclic) bond motifs is 1. The van der Waals surface area contributed by atoms with E-state index in [1.807, 2.05) is 4.90 Å². The molecule has 3 rings (SSSR count). The Bertz CT molecular complexity index is 856. The Morgan fingerprint density at radius 3 is 2.77 bits per heavy atom. The van der Waals surface area contributed by atoms with Crippen LogP contribution in [0.4, 0.5) is 23.2 Å². The Morgan fingerprint density at radius 1 is 1.38 bits per heavy atom. The molecule has 2 N–H and O–H groups in total. The highest BCUT2D eigenvalue weighted by Crippen LogP contribution is 2.45. The van der Waals surface area contributed by atoms with E-state index in [2.05, 4.69) is 17.2 Å². The quantitative estimate of drug-likeness (QED) is 0.479. The van der Waals surface area contributed by atoms with Gasteiger partial charge >= 0.3 is 5.51 Å². The molecule has 0 saturated carbocycles. The molecule has 0 aliphatic carbocycles. The predicted octanol–water partition coefficient (Wildman–Crippen LogP) is 3.45. The number of aliphatic hydroxyl groups is 1. The molecule has 4 nitrogen and oxygen atoms in total. The van der Waals surface area contributed by atoms with Gasteiger partial charge in [-0.1, -0.05) is 12.0 Å². The van der Waals surface area contributed by atoms with Crippen molar-refractivity contribution < 1.29 is 27.1 Å². The largest absolute Gasteiger partial charge is 0.446 e. The fourth-order valence-electron chi connectivity index (χ4n) is 2.91. The summed E-state index contributed by atoms with van der Waals surface area (Å²) < 4.78 is 58.4. The first-order valence-corrected chi connectivity index (χ1v) is 8.60. The third-order valence-corrected chi connectivity index (χ3v) is 4.78. The number of halogens is 4. The van der Waals surface area contributed by atoms with Crippen molar-refractivity contribution in [1.29, 1.82) is 0 Å². The van der Waals surface area contributed by atoms with Crippen LogP contribution in [0.25, 0.3) is 11.0 Å². The van der Waals surface area contributed by atoms with E-state index >= 15 is 0 Å². The number of benzene rings is 1. The number of aliphatic hydroxyl groups excluding tert-OH is 1. The Kier molecular flexibility index (Phi) is 5.37. The summed E-state index contributed by atoms with van der Waals surface area (Å²) in [5.41, 5.74) is -3.93. The first kappa shape index (κ1) is 18.9. The van der Waals surface area contributed by atoms with Crippen LogP contribution < -0.4 is 5.32 Å². The summed E-state index contributed by atoms with van der Waals surface area (Å²) in [4.78, 5) is 1.66. The number of thioether (sulfide) groups is 1. The van der Waals surface area contributed by atoms with Crippen LogP contribution in [0.15, 0.2) is 27.5 Å². The lowest BCUT2D eigenvalue weighted by Crippen LogP contribution is -2.29. The number of hydrogen-bond acceptors (Lipinski definition) is 5. The van der Waals surface area contributed by atoms with Gasteiger partial charge in [0.05, 0.1) is 16.6 Å². The average molecular weight is 388 g/mol. The molecule has 0 unspecified atom stereocenters. The number of rotatable bonds is 3. The van der Waals surface area contributed by atoms with E-state index in [1.165, 1.54) is 6.07 Å². The zero-order chi connectivity index (χ0) is 18.9. The number of likely N-dealkylation sites (N-methyl/N-ethyl adjacent to an activating group) is 1. The van der Waals surface area contributed by atoms with Crippen LogP contribution in [0.1, 0.15) is 5.76 Å². The van der Waals surface area contributed by atoms with Crippen molar-refractivity contribution in [3.63, 3.8) is 0 Å². The molecule has 1 fully saturated rings. The van der Waals surface area contributed by atoms with Crippen molar-refractivity contribution in [3.8, 4) is 11.8 Å². The Hall–Kier alpha value is -1.89. The summed E-state index contributed by atoms with van der Waals surface area (Å²) >= 11 is -0.322. The topological polar surface area (TPSA) is 48.6 Å². The molecule has 0 bridgehead atoms. The predicted molar refractivity (Wildman–Crippen MR) is 91.9 cm³/mol. The summed E-state index contributed by atoms with van der Waals surface area (Å²) in [6.45, 7) is 0.254. The van der Waals surface area contributed by atoms with Crippen molar-refractivity contribution >= 4 is 28.4 Å². The minimum atomic E-state index is -4.52. The first-order chi connectivity index (χ1) is 12.3. The SMILES string of the molecule is CN1C[C@H](F)[C@H](Nc2cccc3c(SC(F)(F)F)c(C#CCO)oc23)C1. The van der Waals surface area contributed by atoms with Gasteiger partial charge in [0.25, 0.3) is 0 Å². The molecule has 9 heteroatoms. The van der Waals surface area contributed by atoms with Crippen LogP contribution >= 0.6 is 11.8 Å². The van der Waals surface area contributed by atoms with Crippen molar-refractivity contribution in [2.45, 2.75) is 22.6 Å². The normalized spacial score (nSPS) is 21.0. The minimum Gasteiger partial charge on any atom is -0.444 e. The van der Waals surface area contributed by atoms with E-state index in [9.17, 15) is 17.6 Å². The third-order valence-electron chi connectivity index (χ3n) is 3.94. The number of hydrogen-bond donors (Lipinski definition) is 2. The second kappa shape index (κ2) is 7.39. The van der Waals surface area contributed by atoms with Gasteiger partial charge in [-0.05, 0) is 36.9 Å². The van der Waals surface area contributed by atoms with Crippen LogP contribution in [0.5, 0.6) is 0 Å². The minimum absolute atomic E-state index is 0.169. The molecule has 1 aliphatic rings. The van der Waals surface area contributed by atoms with Gasteiger partial charge in [-0.2, -0.15) is 13.2 Å². The van der Waals surface area contributed by atoms with E-state index < -0.39 is 24.3 Å². The summed E-state index contributed by atoms with van der Waals surface area (Å²) in [6.07, 6.45) is -1.09. The van der Waals surface area contributed by atoms with E-state index in [1.54, 1.807) is 19.2 Å². The monoisotopic (exact) mass is 388 g/mol. The highest BCUT2D eigenvalue weighted by Gasteiger charge is 2.34. The number of furan rings is 1. The lowest BCUT2D eigenvalue weighted by atomic mass is 10.2. The zero-order valence-corrected chi connectivity index (χ0v) is 14.5. The lowest BCUT2D eigenvalue weighted by Gasteiger charge is -2.16. The molecule has 0 spiro atoms. The number of anilines is 1. The maximum Gasteiger partial charge on any atom is 0.446 e. The van der Waals surface area contributed by atoms with Gasteiger partial charge in [0.1, 0.15) is 12.8 Å². The lowest BCUT2D eigenvalue weighted by molar-refractivity contribution is -0.0328. The molecule has 0 amide bonds. The van der Waals surface area contributed by atoms with Crippen molar-refractivity contribution in [1.82, 2.24) is 4.90 Å². The maximum atomic E-state index is 14.1. The van der Waals surface area contributed by atoms with Crippen LogP contribution in [-0.2, 0) is 0 Å². The number of para-hydroxylation sites is 1. The number of nitrogens with zero attached hydrogens (tertiary/aromatic N) is 1. The van der Waals surface area contributed by atoms with Crippen molar-refractivity contribution in [2.75, 3.05) is 32.1 Å². The summed E-state index contributed by atoms with van der Waals surface area (Å²) in [7, 11) is 1.79. The molecule has 2 atom stereocenters. The molecule has 1 aliphatic heterocycles. The Balaban J connectivity index is 2.03. The molecule has 1 aromatic carbocycles. The molecule has 140 valence electrons. The first-order valence-electron chi connectivity index (χ1n) is 7.78. The molecule has 0 radical (unpaired) electrons. The Labute approximate surface area is 151 Å². The van der Waals surface area contributed by atoms with Crippen molar-refractivity contribution in [2.24, 2.45) is 0 Å². The molecular formula is C17H16F4N2O2S. The van der Waals surface area contributed by atoms with Crippen molar-refractivity contribution in [3.05, 3.63) is 24.0 Å².